The molecule has 1 fully saturated rings. The molecule has 7 nitrogen and oxygen atoms in total. The van der Waals surface area contributed by atoms with Crippen LogP contribution < -0.4 is 14.5 Å². The van der Waals surface area contributed by atoms with Crippen LogP contribution >= 0.6 is 0 Å². The molecule has 1 N–H and O–H groups in total. The summed E-state index contributed by atoms with van der Waals surface area (Å²) in [7, 11) is 0. The number of nitro benzene ring substituents is 1. The molecule has 0 aromatic heterocycles. The minimum absolute atomic E-state index is 0.0577. The van der Waals surface area contributed by atoms with E-state index in [0.29, 0.717) is 12.2 Å². The number of carbonyl (C=O) groups excluding carboxylic acids is 1. The van der Waals surface area contributed by atoms with Crippen LogP contribution in [0.3, 0.4) is 0 Å². The van der Waals surface area contributed by atoms with Gasteiger partial charge in [0.25, 0.3) is 5.69 Å². The van der Waals surface area contributed by atoms with Gasteiger partial charge in [-0.3, -0.25) is 14.9 Å². The molecular weight excluding hydrogens is 358 g/mol. The zero-order valence-corrected chi connectivity index (χ0v) is 16.3. The summed E-state index contributed by atoms with van der Waals surface area (Å²) in [6.07, 6.45) is 0. The van der Waals surface area contributed by atoms with Crippen molar-refractivity contribution in [3.63, 3.8) is 0 Å². The van der Waals surface area contributed by atoms with Gasteiger partial charge in [0.05, 0.1) is 37.7 Å². The van der Waals surface area contributed by atoms with E-state index in [1.807, 2.05) is 37.3 Å². The Balaban J connectivity index is 1.64. The number of piperazine rings is 1. The molecular formula is C21H26N3O4+. The molecule has 7 heteroatoms. The normalized spacial score (nSPS) is 14.7. The van der Waals surface area contributed by atoms with E-state index < -0.39 is 0 Å². The molecule has 0 radical (unpaired) electrons. The summed E-state index contributed by atoms with van der Waals surface area (Å²) in [5, 5.41) is 10.8. The number of nitro groups is 1. The number of ether oxygens (including phenoxy) is 1. The minimum atomic E-state index is -0.378. The van der Waals surface area contributed by atoms with Gasteiger partial charge in [-0.1, -0.05) is 0 Å². The van der Waals surface area contributed by atoms with E-state index in [4.69, 9.17) is 4.74 Å². The van der Waals surface area contributed by atoms with Gasteiger partial charge in [-0.25, -0.2) is 0 Å². The molecule has 2 aromatic rings. The van der Waals surface area contributed by atoms with Crippen LogP contribution in [0.25, 0.3) is 0 Å². The smallest absolute Gasteiger partial charge is 0.269 e. The fraction of sp³-hybridized carbons (Fsp3) is 0.381. The molecule has 1 heterocycles. The molecule has 0 unspecified atom stereocenters. The Hall–Kier alpha value is -2.93. The van der Waals surface area contributed by atoms with Crippen molar-refractivity contribution in [3.05, 3.63) is 63.7 Å². The Bertz CT molecular complexity index is 843. The van der Waals surface area contributed by atoms with Crippen molar-refractivity contribution in [2.24, 2.45) is 0 Å². The predicted octanol–water partition coefficient (Wildman–Crippen LogP) is 2.10. The molecule has 2 aromatic carbocycles. The van der Waals surface area contributed by atoms with Gasteiger partial charge in [-0.15, -0.1) is 0 Å². The number of carbonyl (C=O) groups is 1. The SMILES string of the molecule is CCOc1ccc(C(C)=O)cc1C[NH+]1CCN(c2ccc([N+](=O)[O-])cc2)CC1. The van der Waals surface area contributed by atoms with Gasteiger partial charge in [0.15, 0.2) is 5.78 Å². The Morgan fingerprint density at radius 2 is 1.86 bits per heavy atom. The third-order valence-electron chi connectivity index (χ3n) is 5.10. The summed E-state index contributed by atoms with van der Waals surface area (Å²) in [6, 6.07) is 12.4. The predicted molar refractivity (Wildman–Crippen MR) is 107 cm³/mol. The number of rotatable bonds is 7. The quantitative estimate of drug-likeness (QED) is 0.449. The first kappa shape index (κ1) is 19.8. The van der Waals surface area contributed by atoms with E-state index in [2.05, 4.69) is 4.90 Å². The van der Waals surface area contributed by atoms with Crippen molar-refractivity contribution in [1.82, 2.24) is 0 Å². The maximum atomic E-state index is 11.7. The number of non-ortho nitro benzene ring substituents is 1. The molecule has 0 aliphatic carbocycles. The summed E-state index contributed by atoms with van der Waals surface area (Å²) in [5.74, 6) is 0.903. The van der Waals surface area contributed by atoms with Gasteiger partial charge in [0, 0.05) is 28.9 Å². The van der Waals surface area contributed by atoms with E-state index >= 15 is 0 Å². The van der Waals surface area contributed by atoms with Crippen LogP contribution in [-0.2, 0) is 6.54 Å². The molecule has 28 heavy (non-hydrogen) atoms. The number of hydrogen-bond acceptors (Lipinski definition) is 5. The van der Waals surface area contributed by atoms with Crippen molar-refractivity contribution in [3.8, 4) is 5.75 Å². The van der Waals surface area contributed by atoms with Crippen LogP contribution in [0.1, 0.15) is 29.8 Å². The largest absolute Gasteiger partial charge is 0.493 e. The highest BCUT2D eigenvalue weighted by molar-refractivity contribution is 5.94. The lowest BCUT2D eigenvalue weighted by Crippen LogP contribution is -3.13. The van der Waals surface area contributed by atoms with Crippen molar-refractivity contribution in [1.29, 1.82) is 0 Å². The van der Waals surface area contributed by atoms with E-state index in [0.717, 1.165) is 49.7 Å². The van der Waals surface area contributed by atoms with Gasteiger partial charge in [-0.2, -0.15) is 0 Å². The molecule has 0 saturated carbocycles. The molecule has 1 aliphatic rings. The lowest BCUT2D eigenvalue weighted by Gasteiger charge is -2.34. The number of nitrogens with zero attached hydrogens (tertiary/aromatic N) is 2. The number of hydrogen-bond donors (Lipinski definition) is 1. The standard InChI is InChI=1S/C21H25N3O4/c1-3-28-21-9-4-17(16(2)25)14-18(21)15-22-10-12-23(13-11-22)19-5-7-20(8-6-19)24(26)27/h4-9,14H,3,10-13,15H2,1-2H3/p+1. The molecule has 1 aliphatic heterocycles. The van der Waals surface area contributed by atoms with Crippen molar-refractivity contribution in [2.45, 2.75) is 20.4 Å². The van der Waals surface area contributed by atoms with Gasteiger partial charge in [0.2, 0.25) is 0 Å². The van der Waals surface area contributed by atoms with E-state index in [-0.39, 0.29) is 16.4 Å². The first-order valence-electron chi connectivity index (χ1n) is 9.57. The summed E-state index contributed by atoms with van der Waals surface area (Å²) in [6.45, 7) is 8.60. The fourth-order valence-electron chi connectivity index (χ4n) is 3.55. The first-order valence-corrected chi connectivity index (χ1v) is 9.57. The van der Waals surface area contributed by atoms with Crippen molar-refractivity contribution in [2.75, 3.05) is 37.7 Å². The summed E-state index contributed by atoms with van der Waals surface area (Å²) >= 11 is 0. The third-order valence-corrected chi connectivity index (χ3v) is 5.10. The van der Waals surface area contributed by atoms with E-state index in [1.54, 1.807) is 19.1 Å². The lowest BCUT2D eigenvalue weighted by atomic mass is 10.1. The lowest BCUT2D eigenvalue weighted by molar-refractivity contribution is -0.914. The average Bonchev–Trinajstić information content (AvgIpc) is 2.70. The second-order valence-electron chi connectivity index (χ2n) is 7.00. The van der Waals surface area contributed by atoms with Gasteiger partial charge < -0.3 is 14.5 Å². The maximum Gasteiger partial charge on any atom is 0.269 e. The maximum absolute atomic E-state index is 11.7. The summed E-state index contributed by atoms with van der Waals surface area (Å²) in [4.78, 5) is 25.8. The fourth-order valence-corrected chi connectivity index (χ4v) is 3.55. The number of anilines is 1. The number of quaternary nitrogens is 1. The van der Waals surface area contributed by atoms with Crippen LogP contribution in [0.5, 0.6) is 5.75 Å². The second kappa shape index (κ2) is 8.84. The first-order chi connectivity index (χ1) is 13.5. The summed E-state index contributed by atoms with van der Waals surface area (Å²) < 4.78 is 5.74. The van der Waals surface area contributed by atoms with Crippen LogP contribution in [0.2, 0.25) is 0 Å². The van der Waals surface area contributed by atoms with Crippen LogP contribution in [0.15, 0.2) is 42.5 Å². The molecule has 1 saturated heterocycles. The minimum Gasteiger partial charge on any atom is -0.493 e. The number of benzene rings is 2. The third kappa shape index (κ3) is 4.67. The number of nitrogens with one attached hydrogen (secondary N) is 1. The Morgan fingerprint density at radius 3 is 2.43 bits per heavy atom. The van der Waals surface area contributed by atoms with E-state index in [9.17, 15) is 14.9 Å². The summed E-state index contributed by atoms with van der Waals surface area (Å²) in [5.41, 5.74) is 2.90. The molecule has 148 valence electrons. The highest BCUT2D eigenvalue weighted by Gasteiger charge is 2.22. The molecule has 0 spiro atoms. The zero-order valence-electron chi connectivity index (χ0n) is 16.3. The van der Waals surface area contributed by atoms with Crippen LogP contribution in [0.4, 0.5) is 11.4 Å². The number of ketones is 1. The monoisotopic (exact) mass is 384 g/mol. The Labute approximate surface area is 164 Å². The zero-order chi connectivity index (χ0) is 20.1. The molecule has 0 atom stereocenters. The van der Waals surface area contributed by atoms with Crippen LogP contribution in [0, 0.1) is 10.1 Å². The average molecular weight is 384 g/mol. The Kier molecular flexibility index (Phi) is 6.26. The topological polar surface area (TPSA) is 77.1 Å². The Morgan fingerprint density at radius 1 is 1.18 bits per heavy atom. The van der Waals surface area contributed by atoms with E-state index in [1.165, 1.54) is 4.90 Å². The van der Waals surface area contributed by atoms with Gasteiger partial charge in [0.1, 0.15) is 12.3 Å². The van der Waals surface area contributed by atoms with Crippen molar-refractivity contribution < 1.29 is 19.4 Å². The number of Topliss-reactive ketones (excluding diaryl/α,β-unsaturated/α-hetero) is 1. The second-order valence-corrected chi connectivity index (χ2v) is 7.00. The highest BCUT2D eigenvalue weighted by atomic mass is 16.6. The highest BCUT2D eigenvalue weighted by Crippen LogP contribution is 2.21. The van der Waals surface area contributed by atoms with Crippen molar-refractivity contribution >= 4 is 17.2 Å². The molecule has 0 amide bonds. The van der Waals surface area contributed by atoms with Gasteiger partial charge >= 0.3 is 0 Å². The van der Waals surface area contributed by atoms with Gasteiger partial charge in [-0.05, 0) is 44.2 Å². The molecule has 0 bridgehead atoms. The molecule has 3 rings (SSSR count). The van der Waals surface area contributed by atoms with Crippen LogP contribution in [-0.4, -0.2) is 43.5 Å².